The summed E-state index contributed by atoms with van der Waals surface area (Å²) < 4.78 is 5.45. The van der Waals surface area contributed by atoms with E-state index in [2.05, 4.69) is 10.3 Å². The zero-order chi connectivity index (χ0) is 12.8. The Balaban J connectivity index is 1.97. The highest BCUT2D eigenvalue weighted by molar-refractivity contribution is 5.44. The molecular weight excluding hydrogens is 226 g/mol. The zero-order valence-corrected chi connectivity index (χ0v) is 10.4. The van der Waals surface area contributed by atoms with Crippen LogP contribution in [0.15, 0.2) is 42.6 Å². The van der Waals surface area contributed by atoms with E-state index in [1.807, 2.05) is 43.3 Å². The molecule has 0 spiro atoms. The van der Waals surface area contributed by atoms with E-state index in [9.17, 15) is 0 Å². The molecule has 0 radical (unpaired) electrons. The fourth-order valence-electron chi connectivity index (χ4n) is 1.61. The van der Waals surface area contributed by atoms with Crippen molar-refractivity contribution in [2.24, 2.45) is 0 Å². The molecule has 0 saturated carbocycles. The van der Waals surface area contributed by atoms with Gasteiger partial charge in [-0.2, -0.15) is 0 Å². The molecule has 0 unspecified atom stereocenters. The Morgan fingerprint density at radius 3 is 2.89 bits per heavy atom. The van der Waals surface area contributed by atoms with Crippen LogP contribution in [-0.2, 0) is 6.54 Å². The summed E-state index contributed by atoms with van der Waals surface area (Å²) in [4.78, 5) is 4.18. The Hall–Kier alpha value is -2.23. The van der Waals surface area contributed by atoms with Gasteiger partial charge in [0.15, 0.2) is 0 Å². The van der Waals surface area contributed by atoms with E-state index in [1.165, 1.54) is 0 Å². The maximum Gasteiger partial charge on any atom is 0.126 e. The highest BCUT2D eigenvalue weighted by atomic mass is 16.5. The van der Waals surface area contributed by atoms with E-state index in [0.29, 0.717) is 18.8 Å². The molecule has 1 aromatic heterocycles. The number of ether oxygens (including phenoxy) is 1. The van der Waals surface area contributed by atoms with Crippen molar-refractivity contribution in [3.8, 4) is 5.75 Å². The number of benzene rings is 1. The molecule has 2 aromatic rings. The number of nitrogens with two attached hydrogens (primary N) is 1. The van der Waals surface area contributed by atoms with Gasteiger partial charge in [0.2, 0.25) is 0 Å². The van der Waals surface area contributed by atoms with Crippen molar-refractivity contribution in [1.29, 1.82) is 0 Å². The molecule has 1 aromatic carbocycles. The molecule has 94 valence electrons. The summed E-state index contributed by atoms with van der Waals surface area (Å²) in [6.45, 7) is 3.36. The second-order valence-corrected chi connectivity index (χ2v) is 3.91. The number of rotatable bonds is 5. The van der Waals surface area contributed by atoms with Crippen LogP contribution in [-0.4, -0.2) is 11.6 Å². The first kappa shape index (κ1) is 12.2. The highest BCUT2D eigenvalue weighted by Crippen LogP contribution is 2.14. The monoisotopic (exact) mass is 243 g/mol. The SMILES string of the molecule is CCOc1cccc(CNc2ccc(N)cn2)c1. The largest absolute Gasteiger partial charge is 0.494 e. The van der Waals surface area contributed by atoms with Gasteiger partial charge in [-0.15, -0.1) is 0 Å². The summed E-state index contributed by atoms with van der Waals surface area (Å²) in [6, 6.07) is 11.7. The van der Waals surface area contributed by atoms with Crippen molar-refractivity contribution in [2.75, 3.05) is 17.7 Å². The van der Waals surface area contributed by atoms with E-state index < -0.39 is 0 Å². The fourth-order valence-corrected chi connectivity index (χ4v) is 1.61. The number of hydrogen-bond donors (Lipinski definition) is 2. The highest BCUT2D eigenvalue weighted by Gasteiger charge is 1.97. The van der Waals surface area contributed by atoms with Gasteiger partial charge in [0, 0.05) is 6.54 Å². The van der Waals surface area contributed by atoms with Gasteiger partial charge in [-0.3, -0.25) is 0 Å². The second-order valence-electron chi connectivity index (χ2n) is 3.91. The van der Waals surface area contributed by atoms with E-state index in [-0.39, 0.29) is 0 Å². The van der Waals surface area contributed by atoms with Crippen molar-refractivity contribution in [2.45, 2.75) is 13.5 Å². The van der Waals surface area contributed by atoms with Crippen molar-refractivity contribution in [3.63, 3.8) is 0 Å². The van der Waals surface area contributed by atoms with Crippen LogP contribution in [0, 0.1) is 0 Å². The van der Waals surface area contributed by atoms with Crippen molar-refractivity contribution in [3.05, 3.63) is 48.2 Å². The summed E-state index contributed by atoms with van der Waals surface area (Å²) >= 11 is 0. The van der Waals surface area contributed by atoms with Crippen LogP contribution in [0.25, 0.3) is 0 Å². The summed E-state index contributed by atoms with van der Waals surface area (Å²) in [5.41, 5.74) is 7.40. The molecule has 4 nitrogen and oxygen atoms in total. The van der Waals surface area contributed by atoms with E-state index in [1.54, 1.807) is 6.20 Å². The smallest absolute Gasteiger partial charge is 0.126 e. The van der Waals surface area contributed by atoms with Gasteiger partial charge in [-0.25, -0.2) is 4.98 Å². The maximum atomic E-state index is 5.58. The normalized spacial score (nSPS) is 10.1. The predicted octanol–water partition coefficient (Wildman–Crippen LogP) is 2.67. The van der Waals surface area contributed by atoms with Crippen LogP contribution in [0.3, 0.4) is 0 Å². The third-order valence-electron chi connectivity index (χ3n) is 2.47. The molecular formula is C14H17N3O. The van der Waals surface area contributed by atoms with Crippen molar-refractivity contribution < 1.29 is 4.74 Å². The van der Waals surface area contributed by atoms with Crippen LogP contribution < -0.4 is 15.8 Å². The Kier molecular flexibility index (Phi) is 4.02. The minimum absolute atomic E-state index is 0.666. The van der Waals surface area contributed by atoms with Gasteiger partial charge in [0.05, 0.1) is 18.5 Å². The minimum atomic E-state index is 0.666. The quantitative estimate of drug-likeness (QED) is 0.847. The first-order valence-electron chi connectivity index (χ1n) is 5.95. The standard InChI is InChI=1S/C14H17N3O/c1-2-18-13-5-3-4-11(8-13)9-16-14-7-6-12(15)10-17-14/h3-8,10H,2,9,15H2,1H3,(H,16,17). The van der Waals surface area contributed by atoms with E-state index in [0.717, 1.165) is 17.1 Å². The van der Waals surface area contributed by atoms with Crippen LogP contribution in [0.4, 0.5) is 11.5 Å². The average molecular weight is 243 g/mol. The average Bonchev–Trinajstić information content (AvgIpc) is 2.39. The van der Waals surface area contributed by atoms with Crippen LogP contribution in [0.1, 0.15) is 12.5 Å². The number of nitrogens with zero attached hydrogens (tertiary/aromatic N) is 1. The van der Waals surface area contributed by atoms with Gasteiger partial charge in [-0.05, 0) is 36.8 Å². The summed E-state index contributed by atoms with van der Waals surface area (Å²) in [5.74, 6) is 1.70. The molecule has 1 heterocycles. The van der Waals surface area contributed by atoms with E-state index >= 15 is 0 Å². The Morgan fingerprint density at radius 2 is 2.17 bits per heavy atom. The summed E-state index contributed by atoms with van der Waals surface area (Å²) in [7, 11) is 0. The van der Waals surface area contributed by atoms with Crippen LogP contribution in [0.2, 0.25) is 0 Å². The van der Waals surface area contributed by atoms with Crippen LogP contribution in [0.5, 0.6) is 5.75 Å². The van der Waals surface area contributed by atoms with Gasteiger partial charge in [-0.1, -0.05) is 12.1 Å². The molecule has 0 amide bonds. The topological polar surface area (TPSA) is 60.2 Å². The second kappa shape index (κ2) is 5.91. The maximum absolute atomic E-state index is 5.58. The van der Waals surface area contributed by atoms with Crippen LogP contribution >= 0.6 is 0 Å². The number of anilines is 2. The molecule has 18 heavy (non-hydrogen) atoms. The van der Waals surface area contributed by atoms with Gasteiger partial charge in [0.25, 0.3) is 0 Å². The fraction of sp³-hybridized carbons (Fsp3) is 0.214. The van der Waals surface area contributed by atoms with Crippen molar-refractivity contribution in [1.82, 2.24) is 4.98 Å². The number of aromatic nitrogens is 1. The minimum Gasteiger partial charge on any atom is -0.494 e. The third kappa shape index (κ3) is 3.38. The predicted molar refractivity (Wildman–Crippen MR) is 73.6 cm³/mol. The number of nitrogen functional groups attached to an aromatic ring is 1. The molecule has 0 aliphatic rings. The first-order valence-corrected chi connectivity index (χ1v) is 5.95. The van der Waals surface area contributed by atoms with Gasteiger partial charge in [0.1, 0.15) is 11.6 Å². The van der Waals surface area contributed by atoms with E-state index in [4.69, 9.17) is 10.5 Å². The molecule has 0 bridgehead atoms. The number of nitrogens with one attached hydrogen (secondary N) is 1. The lowest BCUT2D eigenvalue weighted by molar-refractivity contribution is 0.340. The molecule has 0 saturated heterocycles. The molecule has 0 aliphatic heterocycles. The Bertz CT molecular complexity index is 497. The Morgan fingerprint density at radius 1 is 1.28 bits per heavy atom. The molecule has 0 aliphatic carbocycles. The lowest BCUT2D eigenvalue weighted by atomic mass is 10.2. The number of hydrogen-bond acceptors (Lipinski definition) is 4. The lowest BCUT2D eigenvalue weighted by Crippen LogP contribution is -2.02. The summed E-state index contributed by atoms with van der Waals surface area (Å²) in [6.07, 6.45) is 1.64. The molecule has 4 heteroatoms. The summed E-state index contributed by atoms with van der Waals surface area (Å²) in [5, 5.41) is 3.24. The Labute approximate surface area is 107 Å². The molecule has 3 N–H and O–H groups in total. The first-order chi connectivity index (χ1) is 8.78. The van der Waals surface area contributed by atoms with Gasteiger partial charge < -0.3 is 15.8 Å². The zero-order valence-electron chi connectivity index (χ0n) is 10.4. The van der Waals surface area contributed by atoms with Crippen molar-refractivity contribution >= 4 is 11.5 Å². The molecule has 0 atom stereocenters. The molecule has 0 fully saturated rings. The molecule has 2 rings (SSSR count). The lowest BCUT2D eigenvalue weighted by Gasteiger charge is -2.08. The number of pyridine rings is 1. The third-order valence-corrected chi connectivity index (χ3v) is 2.47. The van der Waals surface area contributed by atoms with Gasteiger partial charge >= 0.3 is 0 Å².